The van der Waals surface area contributed by atoms with Crippen molar-refractivity contribution in [3.05, 3.63) is 59.0 Å². The summed E-state index contributed by atoms with van der Waals surface area (Å²) in [5.74, 6) is 0.637. The molecule has 1 aromatic heterocycles. The number of thioether (sulfide) groups is 1. The van der Waals surface area contributed by atoms with Crippen LogP contribution in [-0.2, 0) is 11.3 Å². The zero-order valence-corrected chi connectivity index (χ0v) is 18.0. The third-order valence-corrected chi connectivity index (χ3v) is 5.82. The van der Waals surface area contributed by atoms with Crippen molar-refractivity contribution in [1.82, 2.24) is 15.1 Å². The molecule has 8 heteroatoms. The van der Waals surface area contributed by atoms with Crippen LogP contribution in [0.3, 0.4) is 0 Å². The Morgan fingerprint density at radius 2 is 2.00 bits per heavy atom. The molecular weight excluding hydrogens is 410 g/mol. The van der Waals surface area contributed by atoms with Gasteiger partial charge >= 0.3 is 0 Å². The molecule has 0 spiro atoms. The standard InChI is InChI=1S/C21H26ClN3O3S/c1-29-13-7-18(23-20(26)19-6-3-12-28-19)21(27)25-10-8-24(9-11-25)15-16-4-2-5-17(22)14-16/h2-6,12,14,18H,7-11,13,15H2,1H3,(H,23,26). The van der Waals surface area contributed by atoms with E-state index in [1.165, 1.54) is 11.8 Å². The molecule has 2 aromatic rings. The molecule has 0 bridgehead atoms. The highest BCUT2D eigenvalue weighted by atomic mass is 35.5. The minimum absolute atomic E-state index is 0.0265. The average molecular weight is 436 g/mol. The van der Waals surface area contributed by atoms with E-state index in [2.05, 4.69) is 16.3 Å². The Morgan fingerprint density at radius 1 is 1.21 bits per heavy atom. The number of nitrogens with zero attached hydrogens (tertiary/aromatic N) is 2. The largest absolute Gasteiger partial charge is 0.459 e. The Morgan fingerprint density at radius 3 is 2.66 bits per heavy atom. The zero-order chi connectivity index (χ0) is 20.6. The van der Waals surface area contributed by atoms with Gasteiger partial charge in [0.2, 0.25) is 5.91 Å². The quantitative estimate of drug-likeness (QED) is 0.690. The van der Waals surface area contributed by atoms with Crippen LogP contribution < -0.4 is 5.32 Å². The number of hydrogen-bond donors (Lipinski definition) is 1. The minimum atomic E-state index is -0.542. The predicted octanol–water partition coefficient (Wildman–Crippen LogP) is 3.13. The molecule has 29 heavy (non-hydrogen) atoms. The third kappa shape index (κ3) is 6.26. The molecule has 1 N–H and O–H groups in total. The second-order valence-electron chi connectivity index (χ2n) is 7.02. The fourth-order valence-corrected chi connectivity index (χ4v) is 4.05. The van der Waals surface area contributed by atoms with Crippen molar-refractivity contribution in [2.45, 2.75) is 19.0 Å². The molecule has 0 aliphatic carbocycles. The Bertz CT molecular complexity index is 807. The smallest absolute Gasteiger partial charge is 0.287 e. The van der Waals surface area contributed by atoms with Gasteiger partial charge in [0.15, 0.2) is 5.76 Å². The molecule has 0 radical (unpaired) electrons. The molecular formula is C21H26ClN3O3S. The van der Waals surface area contributed by atoms with Gasteiger partial charge in [-0.3, -0.25) is 14.5 Å². The number of carbonyl (C=O) groups is 2. The average Bonchev–Trinajstić information content (AvgIpc) is 3.26. The summed E-state index contributed by atoms with van der Waals surface area (Å²) >= 11 is 7.72. The van der Waals surface area contributed by atoms with E-state index in [9.17, 15) is 9.59 Å². The van der Waals surface area contributed by atoms with Crippen molar-refractivity contribution in [2.75, 3.05) is 38.2 Å². The predicted molar refractivity (Wildman–Crippen MR) is 116 cm³/mol. The van der Waals surface area contributed by atoms with Gasteiger partial charge < -0.3 is 14.6 Å². The molecule has 2 heterocycles. The number of halogens is 1. The first-order chi connectivity index (χ1) is 14.1. The number of carbonyl (C=O) groups excluding carboxylic acids is 2. The molecule has 1 aromatic carbocycles. The molecule has 156 valence electrons. The van der Waals surface area contributed by atoms with E-state index in [1.807, 2.05) is 29.4 Å². The first-order valence-electron chi connectivity index (χ1n) is 9.65. The summed E-state index contributed by atoms with van der Waals surface area (Å²) < 4.78 is 5.15. The maximum atomic E-state index is 13.1. The van der Waals surface area contributed by atoms with Crippen LogP contribution in [0.2, 0.25) is 5.02 Å². The molecule has 6 nitrogen and oxygen atoms in total. The lowest BCUT2D eigenvalue weighted by Crippen LogP contribution is -2.54. The highest BCUT2D eigenvalue weighted by molar-refractivity contribution is 7.98. The summed E-state index contributed by atoms with van der Waals surface area (Å²) in [7, 11) is 0. The van der Waals surface area contributed by atoms with E-state index in [-0.39, 0.29) is 17.6 Å². The van der Waals surface area contributed by atoms with Gasteiger partial charge in [0.25, 0.3) is 5.91 Å². The zero-order valence-electron chi connectivity index (χ0n) is 16.5. The minimum Gasteiger partial charge on any atom is -0.459 e. The van der Waals surface area contributed by atoms with Gasteiger partial charge in [-0.2, -0.15) is 11.8 Å². The highest BCUT2D eigenvalue weighted by Crippen LogP contribution is 2.15. The number of furan rings is 1. The van der Waals surface area contributed by atoms with Gasteiger partial charge in [-0.1, -0.05) is 23.7 Å². The number of amides is 2. The summed E-state index contributed by atoms with van der Waals surface area (Å²) in [6.45, 7) is 3.69. The molecule has 3 rings (SSSR count). The maximum absolute atomic E-state index is 13.1. The third-order valence-electron chi connectivity index (χ3n) is 4.94. The lowest BCUT2D eigenvalue weighted by atomic mass is 10.1. The summed E-state index contributed by atoms with van der Waals surface area (Å²) in [6.07, 6.45) is 4.03. The lowest BCUT2D eigenvalue weighted by molar-refractivity contribution is -0.135. The molecule has 1 aliphatic rings. The lowest BCUT2D eigenvalue weighted by Gasteiger charge is -2.36. The van der Waals surface area contributed by atoms with Crippen LogP contribution in [0.5, 0.6) is 0 Å². The van der Waals surface area contributed by atoms with E-state index in [0.29, 0.717) is 19.5 Å². The van der Waals surface area contributed by atoms with Gasteiger partial charge in [-0.05, 0) is 48.3 Å². The number of benzene rings is 1. The Balaban J connectivity index is 1.55. The molecule has 1 fully saturated rings. The molecule has 1 unspecified atom stereocenters. The van der Waals surface area contributed by atoms with Crippen molar-refractivity contribution >= 4 is 35.2 Å². The Labute approximate surface area is 180 Å². The summed E-state index contributed by atoms with van der Waals surface area (Å²) in [6, 6.07) is 10.6. The highest BCUT2D eigenvalue weighted by Gasteiger charge is 2.29. The fourth-order valence-electron chi connectivity index (χ4n) is 3.37. The Kier molecular flexibility index (Phi) is 8.03. The van der Waals surface area contributed by atoms with Crippen LogP contribution in [0, 0.1) is 0 Å². The van der Waals surface area contributed by atoms with Crippen molar-refractivity contribution in [2.24, 2.45) is 0 Å². The van der Waals surface area contributed by atoms with Gasteiger partial charge in [0, 0.05) is 37.7 Å². The second kappa shape index (κ2) is 10.7. The van der Waals surface area contributed by atoms with Crippen LogP contribution in [0.1, 0.15) is 22.5 Å². The van der Waals surface area contributed by atoms with Crippen LogP contribution in [0.4, 0.5) is 0 Å². The SMILES string of the molecule is CSCCC(NC(=O)c1ccco1)C(=O)N1CCN(Cc2cccc(Cl)c2)CC1. The first-order valence-corrected chi connectivity index (χ1v) is 11.4. The molecule has 1 aliphatic heterocycles. The van der Waals surface area contributed by atoms with Crippen molar-refractivity contribution in [1.29, 1.82) is 0 Å². The van der Waals surface area contributed by atoms with Crippen molar-refractivity contribution < 1.29 is 14.0 Å². The van der Waals surface area contributed by atoms with Crippen molar-refractivity contribution in [3.63, 3.8) is 0 Å². The van der Waals surface area contributed by atoms with Gasteiger partial charge in [-0.15, -0.1) is 0 Å². The van der Waals surface area contributed by atoms with E-state index in [0.717, 1.165) is 30.4 Å². The fraction of sp³-hybridized carbons (Fsp3) is 0.429. The van der Waals surface area contributed by atoms with E-state index in [4.69, 9.17) is 16.0 Å². The normalized spacial score (nSPS) is 15.9. The van der Waals surface area contributed by atoms with Crippen LogP contribution in [0.25, 0.3) is 0 Å². The molecule has 0 saturated carbocycles. The number of piperazine rings is 1. The number of hydrogen-bond acceptors (Lipinski definition) is 5. The monoisotopic (exact) mass is 435 g/mol. The number of nitrogens with one attached hydrogen (secondary N) is 1. The second-order valence-corrected chi connectivity index (χ2v) is 8.44. The van der Waals surface area contributed by atoms with E-state index in [1.54, 1.807) is 23.9 Å². The summed E-state index contributed by atoms with van der Waals surface area (Å²) in [4.78, 5) is 29.6. The maximum Gasteiger partial charge on any atom is 0.287 e. The van der Waals surface area contributed by atoms with Crippen LogP contribution in [0.15, 0.2) is 47.1 Å². The number of rotatable bonds is 8. The van der Waals surface area contributed by atoms with E-state index >= 15 is 0 Å². The first kappa shape index (κ1) is 21.7. The molecule has 1 saturated heterocycles. The summed E-state index contributed by atoms with van der Waals surface area (Å²) in [5, 5.41) is 3.58. The van der Waals surface area contributed by atoms with Gasteiger partial charge in [0.05, 0.1) is 6.26 Å². The molecule has 2 amide bonds. The van der Waals surface area contributed by atoms with Gasteiger partial charge in [-0.25, -0.2) is 0 Å². The van der Waals surface area contributed by atoms with Gasteiger partial charge in [0.1, 0.15) is 6.04 Å². The van der Waals surface area contributed by atoms with Crippen molar-refractivity contribution in [3.8, 4) is 0 Å². The topological polar surface area (TPSA) is 65.8 Å². The Hall–Kier alpha value is -1.96. The van der Waals surface area contributed by atoms with E-state index < -0.39 is 6.04 Å². The van der Waals surface area contributed by atoms with Crippen LogP contribution in [-0.4, -0.2) is 65.8 Å². The van der Waals surface area contributed by atoms with Crippen LogP contribution >= 0.6 is 23.4 Å². The summed E-state index contributed by atoms with van der Waals surface area (Å²) in [5.41, 5.74) is 1.17. The molecule has 1 atom stereocenters.